The van der Waals surface area contributed by atoms with Gasteiger partial charge >= 0.3 is 5.97 Å². The van der Waals surface area contributed by atoms with Crippen LogP contribution in [0.1, 0.15) is 29.1 Å². The Kier molecular flexibility index (Phi) is 7.00. The average molecular weight is 406 g/mol. The lowest BCUT2D eigenvalue weighted by molar-refractivity contribution is -0.147. The number of rotatable bonds is 8. The van der Waals surface area contributed by atoms with Gasteiger partial charge in [0.2, 0.25) is 0 Å². The van der Waals surface area contributed by atoms with E-state index < -0.39 is 24.4 Å². The normalized spacial score (nSPS) is 11.4. The van der Waals surface area contributed by atoms with E-state index in [0.29, 0.717) is 11.3 Å². The summed E-state index contributed by atoms with van der Waals surface area (Å²) in [5.41, 5.74) is 2.46. The third-order valence-corrected chi connectivity index (χ3v) is 4.36. The van der Waals surface area contributed by atoms with E-state index in [0.717, 1.165) is 11.1 Å². The van der Waals surface area contributed by atoms with E-state index in [2.05, 4.69) is 10.6 Å². The largest absolute Gasteiger partial charge is 0.467 e. The molecule has 2 N–H and O–H groups in total. The number of amides is 2. The Hall–Kier alpha value is -3.87. The van der Waals surface area contributed by atoms with Crippen LogP contribution in [0, 0.1) is 0 Å². The first kappa shape index (κ1) is 20.9. The van der Waals surface area contributed by atoms with Crippen LogP contribution in [0.3, 0.4) is 0 Å². The zero-order valence-electron chi connectivity index (χ0n) is 16.5. The van der Waals surface area contributed by atoms with E-state index in [-0.39, 0.29) is 12.6 Å². The molecule has 1 aromatic heterocycles. The average Bonchev–Trinajstić information content (AvgIpc) is 3.32. The van der Waals surface area contributed by atoms with Gasteiger partial charge in [0.1, 0.15) is 12.3 Å². The number of benzene rings is 2. The van der Waals surface area contributed by atoms with Crippen LogP contribution in [0.2, 0.25) is 0 Å². The Morgan fingerprint density at radius 3 is 2.30 bits per heavy atom. The van der Waals surface area contributed by atoms with Gasteiger partial charge in [-0.1, -0.05) is 42.5 Å². The Bertz CT molecular complexity index is 982. The number of ether oxygens (including phenoxy) is 1. The second kappa shape index (κ2) is 10.1. The smallest absolute Gasteiger partial charge is 0.325 e. The van der Waals surface area contributed by atoms with E-state index in [1.165, 1.54) is 6.26 Å². The summed E-state index contributed by atoms with van der Waals surface area (Å²) in [5.74, 6) is -0.970. The second-order valence-corrected chi connectivity index (χ2v) is 6.59. The second-order valence-electron chi connectivity index (χ2n) is 6.59. The van der Waals surface area contributed by atoms with E-state index in [1.807, 2.05) is 42.5 Å². The number of hydrogen-bond donors (Lipinski definition) is 2. The summed E-state index contributed by atoms with van der Waals surface area (Å²) in [4.78, 5) is 35.8. The molecule has 0 unspecified atom stereocenters. The quantitative estimate of drug-likeness (QED) is 0.560. The van der Waals surface area contributed by atoms with Crippen LogP contribution in [-0.2, 0) is 14.3 Å². The van der Waals surface area contributed by atoms with Crippen molar-refractivity contribution in [2.24, 2.45) is 0 Å². The zero-order valence-corrected chi connectivity index (χ0v) is 16.5. The molecule has 2 aromatic carbocycles. The number of furan rings is 1. The van der Waals surface area contributed by atoms with Gasteiger partial charge in [-0.3, -0.25) is 14.4 Å². The molecule has 7 nitrogen and oxygen atoms in total. The SMILES string of the molecule is C[C@H](NC(=O)COC(=O)CNC(=O)c1ccc(-c2ccccc2)cc1)c1ccco1. The van der Waals surface area contributed by atoms with Gasteiger partial charge in [-0.15, -0.1) is 0 Å². The Balaban J connectivity index is 1.41. The molecule has 3 aromatic rings. The fourth-order valence-electron chi connectivity index (χ4n) is 2.79. The summed E-state index contributed by atoms with van der Waals surface area (Å²) >= 11 is 0. The Morgan fingerprint density at radius 1 is 0.933 bits per heavy atom. The third-order valence-electron chi connectivity index (χ3n) is 4.36. The lowest BCUT2D eigenvalue weighted by atomic mass is 10.0. The van der Waals surface area contributed by atoms with Gasteiger partial charge in [-0.25, -0.2) is 0 Å². The number of nitrogens with one attached hydrogen (secondary N) is 2. The highest BCUT2D eigenvalue weighted by atomic mass is 16.5. The molecule has 0 fully saturated rings. The summed E-state index contributed by atoms with van der Waals surface area (Å²) in [6.45, 7) is 0.980. The van der Waals surface area contributed by atoms with Crippen LogP contribution in [0.15, 0.2) is 77.4 Å². The van der Waals surface area contributed by atoms with Crippen molar-refractivity contribution < 1.29 is 23.5 Å². The van der Waals surface area contributed by atoms with Gasteiger partial charge in [0, 0.05) is 5.56 Å². The summed E-state index contributed by atoms with van der Waals surface area (Å²) in [6, 6.07) is 20.0. The van der Waals surface area contributed by atoms with E-state index in [4.69, 9.17) is 9.15 Å². The molecule has 0 bridgehead atoms. The van der Waals surface area contributed by atoms with Gasteiger partial charge in [0.15, 0.2) is 6.61 Å². The molecule has 1 heterocycles. The number of hydrogen-bond acceptors (Lipinski definition) is 5. The first-order valence-corrected chi connectivity index (χ1v) is 9.45. The van der Waals surface area contributed by atoms with Gasteiger partial charge in [-0.05, 0) is 42.3 Å². The maximum Gasteiger partial charge on any atom is 0.325 e. The monoisotopic (exact) mass is 406 g/mol. The molecule has 0 saturated heterocycles. The van der Waals surface area contributed by atoms with Crippen molar-refractivity contribution >= 4 is 17.8 Å². The fourth-order valence-corrected chi connectivity index (χ4v) is 2.79. The first-order chi connectivity index (χ1) is 14.5. The van der Waals surface area contributed by atoms with Crippen molar-refractivity contribution in [1.82, 2.24) is 10.6 Å². The molecule has 154 valence electrons. The Labute approximate surface area is 174 Å². The molecule has 3 rings (SSSR count). The Morgan fingerprint density at radius 2 is 1.63 bits per heavy atom. The van der Waals surface area contributed by atoms with Gasteiger partial charge in [0.25, 0.3) is 11.8 Å². The first-order valence-electron chi connectivity index (χ1n) is 9.45. The molecule has 0 aliphatic carbocycles. The highest BCUT2D eigenvalue weighted by Crippen LogP contribution is 2.19. The fraction of sp³-hybridized carbons (Fsp3) is 0.174. The van der Waals surface area contributed by atoms with Gasteiger partial charge in [-0.2, -0.15) is 0 Å². The van der Waals surface area contributed by atoms with Crippen LogP contribution in [0.4, 0.5) is 0 Å². The summed E-state index contributed by atoms with van der Waals surface area (Å²) < 4.78 is 10.1. The van der Waals surface area contributed by atoms with Crippen LogP contribution in [0.25, 0.3) is 11.1 Å². The van der Waals surface area contributed by atoms with Crippen molar-refractivity contribution in [3.05, 3.63) is 84.3 Å². The minimum atomic E-state index is -0.704. The molecule has 0 saturated carbocycles. The van der Waals surface area contributed by atoms with Crippen molar-refractivity contribution in [3.8, 4) is 11.1 Å². The number of carbonyl (C=O) groups excluding carboxylic acids is 3. The van der Waals surface area contributed by atoms with E-state index in [1.54, 1.807) is 31.2 Å². The van der Waals surface area contributed by atoms with Crippen LogP contribution < -0.4 is 10.6 Å². The standard InChI is InChI=1S/C23H22N2O5/c1-16(20-8-5-13-29-20)25-21(26)15-30-22(27)14-24-23(28)19-11-9-18(10-12-19)17-6-3-2-4-7-17/h2-13,16H,14-15H2,1H3,(H,24,28)(H,25,26)/t16-/m0/s1. The zero-order chi connectivity index (χ0) is 21.3. The molecule has 1 atom stereocenters. The lowest BCUT2D eigenvalue weighted by Gasteiger charge is -2.11. The molecule has 0 radical (unpaired) electrons. The van der Waals surface area contributed by atoms with E-state index in [9.17, 15) is 14.4 Å². The van der Waals surface area contributed by atoms with Gasteiger partial charge < -0.3 is 19.8 Å². The lowest BCUT2D eigenvalue weighted by Crippen LogP contribution is -2.34. The van der Waals surface area contributed by atoms with Crippen LogP contribution in [0.5, 0.6) is 0 Å². The molecule has 0 aliphatic rings. The molecular weight excluding hydrogens is 384 g/mol. The molecule has 7 heteroatoms. The minimum absolute atomic E-state index is 0.333. The molecule has 30 heavy (non-hydrogen) atoms. The van der Waals surface area contributed by atoms with Crippen molar-refractivity contribution in [2.45, 2.75) is 13.0 Å². The highest BCUT2D eigenvalue weighted by molar-refractivity contribution is 5.96. The molecular formula is C23H22N2O5. The maximum atomic E-state index is 12.2. The van der Waals surface area contributed by atoms with Crippen molar-refractivity contribution in [3.63, 3.8) is 0 Å². The van der Waals surface area contributed by atoms with E-state index >= 15 is 0 Å². The predicted molar refractivity (Wildman–Crippen MR) is 110 cm³/mol. The maximum absolute atomic E-state index is 12.2. The number of carbonyl (C=O) groups is 3. The minimum Gasteiger partial charge on any atom is -0.467 e. The topological polar surface area (TPSA) is 97.6 Å². The summed E-state index contributed by atoms with van der Waals surface area (Å²) in [7, 11) is 0. The number of esters is 1. The third kappa shape index (κ3) is 5.81. The predicted octanol–water partition coefficient (Wildman–Crippen LogP) is 3.10. The molecule has 2 amide bonds. The summed E-state index contributed by atoms with van der Waals surface area (Å²) in [5, 5.41) is 5.13. The van der Waals surface area contributed by atoms with Gasteiger partial charge in [0.05, 0.1) is 12.3 Å². The van der Waals surface area contributed by atoms with Crippen molar-refractivity contribution in [2.75, 3.05) is 13.2 Å². The summed E-state index contributed by atoms with van der Waals surface area (Å²) in [6.07, 6.45) is 1.51. The molecule has 0 spiro atoms. The van der Waals surface area contributed by atoms with Crippen LogP contribution in [-0.4, -0.2) is 30.9 Å². The molecule has 0 aliphatic heterocycles. The van der Waals surface area contributed by atoms with Crippen molar-refractivity contribution in [1.29, 1.82) is 0 Å². The highest BCUT2D eigenvalue weighted by Gasteiger charge is 2.14. The van der Waals surface area contributed by atoms with Crippen LogP contribution >= 0.6 is 0 Å².